The number of aryl methyl sites for hydroxylation is 1. The van der Waals surface area contributed by atoms with E-state index in [1.165, 1.54) is 21.9 Å². The van der Waals surface area contributed by atoms with Crippen molar-refractivity contribution >= 4 is 44.4 Å². The minimum atomic E-state index is 0.0289. The molecular formula is C37H24N2O2. The molecule has 3 heterocycles. The molecule has 0 saturated heterocycles. The molecule has 4 nitrogen and oxygen atoms in total. The minimum Gasteiger partial charge on any atom is -0.481 e. The van der Waals surface area contributed by atoms with Crippen LogP contribution in [0.5, 0.6) is 5.75 Å². The Morgan fingerprint density at radius 1 is 0.805 bits per heavy atom. The lowest BCUT2D eigenvalue weighted by molar-refractivity contribution is 0.268. The van der Waals surface area contributed by atoms with Crippen LogP contribution >= 0.6 is 0 Å². The Bertz CT molecular complexity index is 2160. The topological polar surface area (TPSA) is 51.1 Å². The summed E-state index contributed by atoms with van der Waals surface area (Å²) in [5.74, 6) is 2.12. The van der Waals surface area contributed by atoms with Crippen molar-refractivity contribution in [3.63, 3.8) is 0 Å². The van der Waals surface area contributed by atoms with E-state index in [0.717, 1.165) is 63.2 Å². The second-order valence-corrected chi connectivity index (χ2v) is 11.1. The predicted molar refractivity (Wildman–Crippen MR) is 163 cm³/mol. The van der Waals surface area contributed by atoms with Crippen molar-refractivity contribution in [2.45, 2.75) is 24.9 Å². The Morgan fingerprint density at radius 2 is 1.59 bits per heavy atom. The van der Waals surface area contributed by atoms with E-state index in [-0.39, 0.29) is 12.0 Å². The first-order valence-corrected chi connectivity index (χ1v) is 14.1. The summed E-state index contributed by atoms with van der Waals surface area (Å²) < 4.78 is 15.2. The first-order chi connectivity index (χ1) is 20.3. The van der Waals surface area contributed by atoms with Crippen molar-refractivity contribution in [1.82, 2.24) is 4.57 Å². The van der Waals surface area contributed by atoms with Gasteiger partial charge in [0.15, 0.2) is 11.3 Å². The van der Waals surface area contributed by atoms with E-state index in [2.05, 4.69) is 108 Å². The van der Waals surface area contributed by atoms with Crippen LogP contribution in [0.1, 0.15) is 40.4 Å². The molecule has 4 heteroatoms. The Morgan fingerprint density at radius 3 is 2.39 bits per heavy atom. The van der Waals surface area contributed by atoms with Crippen molar-refractivity contribution in [3.8, 4) is 17.5 Å². The average molecular weight is 529 g/mol. The molecular weight excluding hydrogens is 504 g/mol. The lowest BCUT2D eigenvalue weighted by Gasteiger charge is -2.19. The largest absolute Gasteiger partial charge is 0.481 e. The molecule has 4 aromatic carbocycles. The van der Waals surface area contributed by atoms with E-state index in [4.69, 9.17) is 9.15 Å². The number of hydrogen-bond acceptors (Lipinski definition) is 3. The number of hydrogen-bond donors (Lipinski definition) is 0. The summed E-state index contributed by atoms with van der Waals surface area (Å²) in [6.07, 6.45) is 12.5. The SMILES string of the molecule is N#Cc1ccc(C2=Cc3c(oc4c5c(ccc34)C3C=CC=C[C@H]3O5)CC2)c(-n2c3ccccc3c3ccccc32)c1. The number of rotatable bonds is 2. The third-order valence-electron chi connectivity index (χ3n) is 8.89. The molecule has 0 fully saturated rings. The standard InChI is InChI=1S/C37H24N2O2/c38-21-22-13-15-24(33(19-22)39-31-10-4-1-7-25(31)26-8-2-5-11-32(26)39)23-14-18-35-30(20-23)29-17-16-28-27-9-3-6-12-34(27)40-36(28)37(29)41-35/h1-13,15-17,19-20,27,34H,14,18H2/t27?,34-/m1/s1. The molecule has 0 spiro atoms. The Labute approximate surface area is 236 Å². The molecule has 2 aromatic heterocycles. The molecule has 2 atom stereocenters. The maximum absolute atomic E-state index is 9.86. The normalized spacial score (nSPS) is 18.7. The fourth-order valence-corrected chi connectivity index (χ4v) is 7.01. The number of ether oxygens (including phenoxy) is 1. The van der Waals surface area contributed by atoms with Gasteiger partial charge in [0, 0.05) is 45.2 Å². The number of aromatic nitrogens is 1. The van der Waals surface area contributed by atoms with Gasteiger partial charge in [-0.1, -0.05) is 66.8 Å². The van der Waals surface area contributed by atoms with Gasteiger partial charge in [-0.15, -0.1) is 0 Å². The van der Waals surface area contributed by atoms with Gasteiger partial charge in [0.05, 0.1) is 28.4 Å². The van der Waals surface area contributed by atoms with Crippen molar-refractivity contribution in [2.24, 2.45) is 0 Å². The van der Waals surface area contributed by atoms with E-state index in [9.17, 15) is 5.26 Å². The van der Waals surface area contributed by atoms with Crippen LogP contribution in [0.3, 0.4) is 0 Å². The van der Waals surface area contributed by atoms with Crippen molar-refractivity contribution in [1.29, 1.82) is 5.26 Å². The second-order valence-electron chi connectivity index (χ2n) is 11.1. The maximum Gasteiger partial charge on any atom is 0.177 e. The molecule has 0 saturated carbocycles. The Balaban J connectivity index is 1.25. The third-order valence-corrected chi connectivity index (χ3v) is 8.89. The highest BCUT2D eigenvalue weighted by atomic mass is 16.5. The molecule has 0 N–H and O–H groups in total. The monoisotopic (exact) mass is 528 g/mol. The molecule has 1 aliphatic heterocycles. The van der Waals surface area contributed by atoms with Crippen LogP contribution in [0.2, 0.25) is 0 Å². The number of nitrogens with zero attached hydrogens (tertiary/aromatic N) is 2. The molecule has 194 valence electrons. The van der Waals surface area contributed by atoms with Crippen molar-refractivity contribution in [3.05, 3.63) is 131 Å². The second kappa shape index (κ2) is 8.36. The van der Waals surface area contributed by atoms with Gasteiger partial charge in [0.1, 0.15) is 11.9 Å². The van der Waals surface area contributed by atoms with Crippen molar-refractivity contribution in [2.75, 3.05) is 0 Å². The number of para-hydroxylation sites is 2. The quantitative estimate of drug-likeness (QED) is 0.226. The molecule has 1 unspecified atom stereocenters. The van der Waals surface area contributed by atoms with Gasteiger partial charge in [-0.3, -0.25) is 0 Å². The summed E-state index contributed by atoms with van der Waals surface area (Å²) in [5.41, 5.74) is 9.48. The molecule has 6 aromatic rings. The number of nitriles is 1. The zero-order chi connectivity index (χ0) is 27.1. The van der Waals surface area contributed by atoms with Gasteiger partial charge in [-0.2, -0.15) is 5.26 Å². The number of furan rings is 1. The summed E-state index contributed by atoms with van der Waals surface area (Å²) in [5, 5.41) is 13.4. The fourth-order valence-electron chi connectivity index (χ4n) is 7.01. The van der Waals surface area contributed by atoms with E-state index >= 15 is 0 Å². The fraction of sp³-hybridized carbons (Fsp3) is 0.108. The molecule has 3 aliphatic rings. The highest BCUT2D eigenvalue weighted by Gasteiger charge is 2.35. The summed E-state index contributed by atoms with van der Waals surface area (Å²) in [7, 11) is 0. The van der Waals surface area contributed by atoms with E-state index in [1.807, 2.05) is 12.1 Å². The smallest absolute Gasteiger partial charge is 0.177 e. The zero-order valence-corrected chi connectivity index (χ0v) is 22.2. The van der Waals surface area contributed by atoms with Gasteiger partial charge >= 0.3 is 0 Å². The summed E-state index contributed by atoms with van der Waals surface area (Å²) in [6, 6.07) is 29.8. The summed E-state index contributed by atoms with van der Waals surface area (Å²) in [4.78, 5) is 0. The predicted octanol–water partition coefficient (Wildman–Crippen LogP) is 8.86. The Kier molecular flexibility index (Phi) is 4.60. The number of fused-ring (bicyclic) bond motifs is 10. The van der Waals surface area contributed by atoms with Crippen LogP contribution in [-0.4, -0.2) is 10.7 Å². The van der Waals surface area contributed by atoms with E-state index < -0.39 is 0 Å². The van der Waals surface area contributed by atoms with Crippen LogP contribution in [0.15, 0.2) is 108 Å². The maximum atomic E-state index is 9.86. The van der Waals surface area contributed by atoms with Crippen LogP contribution in [-0.2, 0) is 6.42 Å². The van der Waals surface area contributed by atoms with Crippen molar-refractivity contribution < 1.29 is 9.15 Å². The lowest BCUT2D eigenvalue weighted by Crippen LogP contribution is -2.15. The number of allylic oxidation sites excluding steroid dienone is 3. The molecule has 0 bridgehead atoms. The van der Waals surface area contributed by atoms with Crippen LogP contribution in [0.25, 0.3) is 50.1 Å². The summed E-state index contributed by atoms with van der Waals surface area (Å²) >= 11 is 0. The third kappa shape index (κ3) is 3.15. The number of benzene rings is 4. The van der Waals surface area contributed by atoms with Crippen LogP contribution in [0.4, 0.5) is 0 Å². The highest BCUT2D eigenvalue weighted by Crippen LogP contribution is 2.49. The Hall–Kier alpha value is -5.27. The molecule has 2 aliphatic carbocycles. The van der Waals surface area contributed by atoms with Gasteiger partial charge in [0.2, 0.25) is 0 Å². The van der Waals surface area contributed by atoms with Gasteiger partial charge in [0.25, 0.3) is 0 Å². The molecule has 9 rings (SSSR count). The van der Waals surface area contributed by atoms with Crippen LogP contribution < -0.4 is 4.74 Å². The zero-order valence-electron chi connectivity index (χ0n) is 22.2. The van der Waals surface area contributed by atoms with Gasteiger partial charge in [-0.05, 0) is 54.5 Å². The van der Waals surface area contributed by atoms with E-state index in [1.54, 1.807) is 0 Å². The van der Waals surface area contributed by atoms with Gasteiger partial charge < -0.3 is 13.7 Å². The van der Waals surface area contributed by atoms with E-state index in [0.29, 0.717) is 5.56 Å². The molecule has 41 heavy (non-hydrogen) atoms. The molecule has 0 amide bonds. The first kappa shape index (κ1) is 22.5. The van der Waals surface area contributed by atoms with Gasteiger partial charge in [-0.25, -0.2) is 0 Å². The average Bonchev–Trinajstić information content (AvgIpc) is 3.70. The minimum absolute atomic E-state index is 0.0289. The highest BCUT2D eigenvalue weighted by molar-refractivity contribution is 6.10. The summed E-state index contributed by atoms with van der Waals surface area (Å²) in [6.45, 7) is 0. The first-order valence-electron chi connectivity index (χ1n) is 14.1. The lowest BCUT2D eigenvalue weighted by atomic mass is 9.89. The molecule has 0 radical (unpaired) electrons. The van der Waals surface area contributed by atoms with Crippen LogP contribution in [0, 0.1) is 11.3 Å².